The first-order valence-corrected chi connectivity index (χ1v) is 6.11. The van der Waals surface area contributed by atoms with Crippen LogP contribution in [0.4, 0.5) is 0 Å². The first-order valence-electron chi connectivity index (χ1n) is 4.22. The molecule has 0 saturated carbocycles. The van der Waals surface area contributed by atoms with Crippen molar-refractivity contribution in [3.63, 3.8) is 0 Å². The summed E-state index contributed by atoms with van der Waals surface area (Å²) in [5, 5.41) is 0. The van der Waals surface area contributed by atoms with E-state index in [1.54, 1.807) is 0 Å². The predicted octanol–water partition coefficient (Wildman–Crippen LogP) is 2.49. The van der Waals surface area contributed by atoms with Gasteiger partial charge in [0.2, 0.25) is 0 Å². The fourth-order valence-electron chi connectivity index (χ4n) is 0.858. The lowest BCUT2D eigenvalue weighted by Crippen LogP contribution is -2.10. The van der Waals surface area contributed by atoms with Crippen molar-refractivity contribution in [2.75, 3.05) is 11.5 Å². The Balaban J connectivity index is 3.74. The minimum atomic E-state index is -2.23. The van der Waals surface area contributed by atoms with Crippen LogP contribution in [0.3, 0.4) is 0 Å². The van der Waals surface area contributed by atoms with Gasteiger partial charge in [0.15, 0.2) is 0 Å². The van der Waals surface area contributed by atoms with Crippen LogP contribution in [0.1, 0.15) is 33.6 Å². The monoisotopic (exact) mass is 177 g/mol. The molecule has 0 bridgehead atoms. The minimum absolute atomic E-state index is 0.568. The van der Waals surface area contributed by atoms with E-state index in [4.69, 9.17) is 4.78 Å². The molecule has 1 N–H and O–H groups in total. The quantitative estimate of drug-likeness (QED) is 0.688. The summed E-state index contributed by atoms with van der Waals surface area (Å²) in [5.74, 6) is 1.72. The lowest BCUT2D eigenvalue weighted by molar-refractivity contribution is 0.615. The molecular formula is C8H19NOS. The standard InChI is InChI=1S/C8H19NOS/c1-4-6-11(9,10)7-5-8(2)3/h8-9H,4-7H2,1-3H3/t11-/m1/s1. The molecule has 68 valence electrons. The van der Waals surface area contributed by atoms with Crippen molar-refractivity contribution in [3.05, 3.63) is 0 Å². The lowest BCUT2D eigenvalue weighted by atomic mass is 10.2. The molecule has 0 aliphatic carbocycles. The molecule has 11 heavy (non-hydrogen) atoms. The molecule has 0 heterocycles. The first kappa shape index (κ1) is 11.0. The van der Waals surface area contributed by atoms with Gasteiger partial charge in [0.05, 0.1) is 0 Å². The van der Waals surface area contributed by atoms with Gasteiger partial charge in [-0.3, -0.25) is 4.78 Å². The van der Waals surface area contributed by atoms with Crippen LogP contribution >= 0.6 is 0 Å². The molecule has 1 atom stereocenters. The summed E-state index contributed by atoms with van der Waals surface area (Å²) in [6.07, 6.45) is 1.78. The third-order valence-corrected chi connectivity index (χ3v) is 3.52. The maximum absolute atomic E-state index is 11.4. The van der Waals surface area contributed by atoms with Gasteiger partial charge in [-0.15, -0.1) is 0 Å². The summed E-state index contributed by atoms with van der Waals surface area (Å²) in [6.45, 7) is 6.17. The molecule has 2 nitrogen and oxygen atoms in total. The molecule has 3 heteroatoms. The number of hydrogen-bond donors (Lipinski definition) is 1. The molecule has 0 rings (SSSR count). The Labute approximate surface area is 70.4 Å². The summed E-state index contributed by atoms with van der Waals surface area (Å²) in [5.41, 5.74) is 0. The Morgan fingerprint density at radius 2 is 1.91 bits per heavy atom. The molecule has 0 saturated heterocycles. The van der Waals surface area contributed by atoms with E-state index in [1.807, 2.05) is 6.92 Å². The van der Waals surface area contributed by atoms with Gasteiger partial charge in [-0.05, 0) is 18.8 Å². The third-order valence-electron chi connectivity index (χ3n) is 1.56. The number of nitrogens with one attached hydrogen (secondary N) is 1. The average molecular weight is 177 g/mol. The topological polar surface area (TPSA) is 40.9 Å². The van der Waals surface area contributed by atoms with Crippen LogP contribution in [0.25, 0.3) is 0 Å². The highest BCUT2D eigenvalue weighted by molar-refractivity contribution is 7.92. The van der Waals surface area contributed by atoms with Crippen molar-refractivity contribution in [1.82, 2.24) is 0 Å². The smallest absolute Gasteiger partial charge is 0.0441 e. The molecule has 0 radical (unpaired) electrons. The Morgan fingerprint density at radius 3 is 2.27 bits per heavy atom. The highest BCUT2D eigenvalue weighted by Crippen LogP contribution is 2.04. The summed E-state index contributed by atoms with van der Waals surface area (Å²) in [7, 11) is -2.23. The molecule has 0 aromatic carbocycles. The average Bonchev–Trinajstić information content (AvgIpc) is 1.84. The van der Waals surface area contributed by atoms with Crippen LogP contribution in [0.15, 0.2) is 0 Å². The van der Waals surface area contributed by atoms with E-state index in [9.17, 15) is 4.21 Å². The maximum atomic E-state index is 11.4. The van der Waals surface area contributed by atoms with Crippen molar-refractivity contribution in [3.8, 4) is 0 Å². The van der Waals surface area contributed by atoms with Crippen LogP contribution in [-0.4, -0.2) is 15.7 Å². The van der Waals surface area contributed by atoms with Gasteiger partial charge in [0.1, 0.15) is 0 Å². The van der Waals surface area contributed by atoms with Gasteiger partial charge in [0.25, 0.3) is 0 Å². The summed E-state index contributed by atoms with van der Waals surface area (Å²) < 4.78 is 18.8. The van der Waals surface area contributed by atoms with Crippen LogP contribution in [0.2, 0.25) is 0 Å². The molecule has 0 unspecified atom stereocenters. The summed E-state index contributed by atoms with van der Waals surface area (Å²) in [4.78, 5) is 0. The fourth-order valence-corrected chi connectivity index (χ4v) is 2.57. The highest BCUT2D eigenvalue weighted by Gasteiger charge is 2.05. The molecule has 0 aliphatic rings. The Morgan fingerprint density at radius 1 is 1.36 bits per heavy atom. The lowest BCUT2D eigenvalue weighted by Gasteiger charge is -2.07. The van der Waals surface area contributed by atoms with Crippen molar-refractivity contribution < 1.29 is 4.21 Å². The second-order valence-electron chi connectivity index (χ2n) is 3.40. The maximum Gasteiger partial charge on any atom is 0.0441 e. The van der Waals surface area contributed by atoms with Crippen LogP contribution in [-0.2, 0) is 9.73 Å². The highest BCUT2D eigenvalue weighted by atomic mass is 32.2. The van der Waals surface area contributed by atoms with Gasteiger partial charge < -0.3 is 0 Å². The molecule has 0 aromatic rings. The van der Waals surface area contributed by atoms with E-state index >= 15 is 0 Å². The number of rotatable bonds is 5. The van der Waals surface area contributed by atoms with Crippen molar-refractivity contribution in [1.29, 1.82) is 4.78 Å². The molecule has 0 amide bonds. The SMILES string of the molecule is CCC[S@@](=N)(=O)CCC(C)C. The van der Waals surface area contributed by atoms with Crippen molar-refractivity contribution >= 4 is 9.73 Å². The van der Waals surface area contributed by atoms with Crippen LogP contribution in [0.5, 0.6) is 0 Å². The second-order valence-corrected chi connectivity index (χ2v) is 5.84. The first-order chi connectivity index (χ1) is 4.98. The van der Waals surface area contributed by atoms with E-state index in [0.29, 0.717) is 17.4 Å². The Bertz CT molecular complexity index is 182. The molecular weight excluding hydrogens is 158 g/mol. The second kappa shape index (κ2) is 4.75. The zero-order valence-electron chi connectivity index (χ0n) is 7.72. The zero-order valence-corrected chi connectivity index (χ0v) is 8.54. The van der Waals surface area contributed by atoms with E-state index in [-0.39, 0.29) is 0 Å². The normalized spacial score (nSPS) is 16.7. The van der Waals surface area contributed by atoms with Gasteiger partial charge in [-0.2, -0.15) is 0 Å². The van der Waals surface area contributed by atoms with Gasteiger partial charge in [-0.1, -0.05) is 20.8 Å². The molecule has 0 aromatic heterocycles. The van der Waals surface area contributed by atoms with E-state index in [2.05, 4.69) is 13.8 Å². The van der Waals surface area contributed by atoms with Gasteiger partial charge >= 0.3 is 0 Å². The largest absolute Gasteiger partial charge is 0.253 e. The molecule has 0 fully saturated rings. The summed E-state index contributed by atoms with van der Waals surface area (Å²) >= 11 is 0. The van der Waals surface area contributed by atoms with E-state index < -0.39 is 9.73 Å². The molecule has 0 aliphatic heterocycles. The van der Waals surface area contributed by atoms with Crippen molar-refractivity contribution in [2.45, 2.75) is 33.6 Å². The predicted molar refractivity (Wildman–Crippen MR) is 50.3 cm³/mol. The number of hydrogen-bond acceptors (Lipinski definition) is 2. The van der Waals surface area contributed by atoms with Gasteiger partial charge in [0, 0.05) is 21.2 Å². The van der Waals surface area contributed by atoms with Crippen molar-refractivity contribution in [2.24, 2.45) is 5.92 Å². The van der Waals surface area contributed by atoms with E-state index in [1.165, 1.54) is 0 Å². The Hall–Kier alpha value is -0.0500. The third kappa shape index (κ3) is 6.35. The molecule has 0 spiro atoms. The fraction of sp³-hybridized carbons (Fsp3) is 1.00. The van der Waals surface area contributed by atoms with Crippen LogP contribution in [0, 0.1) is 10.7 Å². The van der Waals surface area contributed by atoms with Gasteiger partial charge in [-0.25, -0.2) is 4.21 Å². The summed E-state index contributed by atoms with van der Waals surface area (Å²) in [6, 6.07) is 0. The minimum Gasteiger partial charge on any atom is -0.253 e. The zero-order chi connectivity index (χ0) is 8.91. The van der Waals surface area contributed by atoms with E-state index in [0.717, 1.165) is 12.8 Å². The van der Waals surface area contributed by atoms with Crippen LogP contribution < -0.4 is 0 Å². The Kier molecular flexibility index (Phi) is 4.73.